The van der Waals surface area contributed by atoms with Crippen LogP contribution in [0.3, 0.4) is 0 Å². The first-order chi connectivity index (χ1) is 16.6. The third kappa shape index (κ3) is 7.71. The van der Waals surface area contributed by atoms with Crippen LogP contribution < -0.4 is 0 Å². The van der Waals surface area contributed by atoms with Gasteiger partial charge in [0.1, 0.15) is 6.61 Å². The summed E-state index contributed by atoms with van der Waals surface area (Å²) in [6.07, 6.45) is 2.46. The molecule has 4 heteroatoms. The van der Waals surface area contributed by atoms with E-state index < -0.39 is 5.97 Å². The highest BCUT2D eigenvalue weighted by molar-refractivity contribution is 5.81. The third-order valence-corrected chi connectivity index (χ3v) is 4.61. The smallest absolute Gasteiger partial charge is 0.330 e. The molecule has 3 aromatic carbocycles. The second-order valence-corrected chi connectivity index (χ2v) is 7.12. The van der Waals surface area contributed by atoms with Crippen LogP contribution in [0.15, 0.2) is 98.3 Å². The van der Waals surface area contributed by atoms with E-state index in [0.29, 0.717) is 0 Å². The Morgan fingerprint density at radius 1 is 0.676 bits per heavy atom. The zero-order valence-corrected chi connectivity index (χ0v) is 18.5. The largest absolute Gasteiger partial charge is 0.458 e. The maximum Gasteiger partial charge on any atom is 0.330 e. The molecular weight excluding hydrogens is 424 g/mol. The van der Waals surface area contributed by atoms with Crippen LogP contribution in [-0.2, 0) is 32.1 Å². The quantitative estimate of drug-likeness (QED) is 0.233. The van der Waals surface area contributed by atoms with Crippen molar-refractivity contribution >= 4 is 11.9 Å². The molecule has 0 aliphatic carbocycles. The molecule has 0 radical (unpaired) electrons. The number of carbonyl (C=O) groups is 2. The minimum Gasteiger partial charge on any atom is -0.458 e. The van der Waals surface area contributed by atoms with E-state index in [1.807, 2.05) is 72.8 Å². The van der Waals surface area contributed by atoms with Crippen molar-refractivity contribution in [2.75, 3.05) is 0 Å². The van der Waals surface area contributed by atoms with Crippen molar-refractivity contribution in [2.24, 2.45) is 0 Å². The van der Waals surface area contributed by atoms with Crippen molar-refractivity contribution in [3.05, 3.63) is 132 Å². The van der Waals surface area contributed by atoms with Crippen molar-refractivity contribution in [1.29, 1.82) is 0 Å². The van der Waals surface area contributed by atoms with Crippen LogP contribution in [0.25, 0.3) is 0 Å². The first-order valence-corrected chi connectivity index (χ1v) is 10.5. The highest BCUT2D eigenvalue weighted by Crippen LogP contribution is 2.08. The molecule has 0 fully saturated rings. The Bertz CT molecular complexity index is 1290. The van der Waals surface area contributed by atoms with Gasteiger partial charge in [-0.1, -0.05) is 61.1 Å². The number of hydrogen-bond acceptors (Lipinski definition) is 4. The lowest BCUT2D eigenvalue weighted by molar-refractivity contribution is -0.139. The summed E-state index contributed by atoms with van der Waals surface area (Å²) in [6, 6.07) is 22.7. The van der Waals surface area contributed by atoms with E-state index in [4.69, 9.17) is 9.47 Å². The van der Waals surface area contributed by atoms with Gasteiger partial charge in [-0.25, -0.2) is 4.79 Å². The molecule has 0 bridgehead atoms. The Labute approximate surface area is 199 Å². The predicted molar refractivity (Wildman–Crippen MR) is 131 cm³/mol. The zero-order valence-electron chi connectivity index (χ0n) is 18.5. The highest BCUT2D eigenvalue weighted by atomic mass is 16.5. The molecule has 0 aliphatic rings. The number of carbonyl (C=O) groups excluding carboxylic acids is 2. The maximum atomic E-state index is 11.5. The summed E-state index contributed by atoms with van der Waals surface area (Å²) in [5.41, 5.74) is 5.21. The Morgan fingerprint density at radius 2 is 1.09 bits per heavy atom. The first-order valence-electron chi connectivity index (χ1n) is 10.5. The topological polar surface area (TPSA) is 52.6 Å². The van der Waals surface area contributed by atoms with Crippen molar-refractivity contribution in [3.63, 3.8) is 0 Å². The van der Waals surface area contributed by atoms with Crippen molar-refractivity contribution in [2.45, 2.75) is 13.0 Å². The van der Waals surface area contributed by atoms with Gasteiger partial charge in [0.15, 0.2) is 0 Å². The number of benzene rings is 3. The second kappa shape index (κ2) is 12.3. The average molecular weight is 447 g/mol. The molecule has 0 heterocycles. The van der Waals surface area contributed by atoms with E-state index in [9.17, 15) is 9.59 Å². The summed E-state index contributed by atoms with van der Waals surface area (Å²) >= 11 is 0. The summed E-state index contributed by atoms with van der Waals surface area (Å²) in [4.78, 5) is 22.6. The fourth-order valence-corrected chi connectivity index (χ4v) is 2.83. The lowest BCUT2D eigenvalue weighted by Gasteiger charge is -2.01. The van der Waals surface area contributed by atoms with E-state index in [2.05, 4.69) is 36.8 Å². The van der Waals surface area contributed by atoms with E-state index in [-0.39, 0.29) is 19.0 Å². The monoisotopic (exact) mass is 446 g/mol. The van der Waals surface area contributed by atoms with Crippen LogP contribution in [-0.4, -0.2) is 11.9 Å². The molecule has 0 unspecified atom stereocenters. The summed E-state index contributed by atoms with van der Waals surface area (Å²) in [6.45, 7) is 6.94. The summed E-state index contributed by atoms with van der Waals surface area (Å²) in [7, 11) is 0. The number of rotatable bonds is 6. The minimum atomic E-state index is -0.446. The van der Waals surface area contributed by atoms with E-state index in [0.717, 1.165) is 45.7 Å². The van der Waals surface area contributed by atoms with Gasteiger partial charge in [-0.05, 0) is 59.7 Å². The third-order valence-electron chi connectivity index (χ3n) is 4.61. The van der Waals surface area contributed by atoms with Crippen LogP contribution in [0.5, 0.6) is 0 Å². The van der Waals surface area contributed by atoms with Crippen molar-refractivity contribution < 1.29 is 19.1 Å². The van der Waals surface area contributed by atoms with Gasteiger partial charge >= 0.3 is 11.9 Å². The van der Waals surface area contributed by atoms with Crippen LogP contribution in [0.4, 0.5) is 0 Å². The van der Waals surface area contributed by atoms with E-state index in [1.165, 1.54) is 0 Å². The molecule has 0 spiro atoms. The molecule has 0 aliphatic heterocycles. The molecular formula is C30H22O4. The Balaban J connectivity index is 1.57. The normalized spacial score (nSPS) is 9.41. The number of esters is 2. The zero-order chi connectivity index (χ0) is 24.2. The van der Waals surface area contributed by atoms with Gasteiger partial charge in [0, 0.05) is 28.3 Å². The molecule has 3 aromatic rings. The van der Waals surface area contributed by atoms with E-state index >= 15 is 0 Å². The number of ether oxygens (including phenoxy) is 2. The maximum absolute atomic E-state index is 11.5. The fourth-order valence-electron chi connectivity index (χ4n) is 2.83. The minimum absolute atomic E-state index is 0.192. The van der Waals surface area contributed by atoms with Crippen LogP contribution >= 0.6 is 0 Å². The van der Waals surface area contributed by atoms with Gasteiger partial charge in [0.2, 0.25) is 0 Å². The summed E-state index contributed by atoms with van der Waals surface area (Å²) in [5, 5.41) is 0. The molecule has 0 saturated carbocycles. The molecule has 0 atom stereocenters. The summed E-state index contributed by atoms with van der Waals surface area (Å²) in [5.74, 6) is 11.7. The van der Waals surface area contributed by atoms with Gasteiger partial charge in [-0.2, -0.15) is 0 Å². The molecule has 4 nitrogen and oxygen atoms in total. The van der Waals surface area contributed by atoms with E-state index in [1.54, 1.807) is 0 Å². The Kier molecular flexibility index (Phi) is 8.62. The van der Waals surface area contributed by atoms with Crippen LogP contribution in [0, 0.1) is 23.7 Å². The molecule has 0 amide bonds. The predicted octanol–water partition coefficient (Wildman–Crippen LogP) is 4.94. The van der Waals surface area contributed by atoms with Crippen molar-refractivity contribution in [1.82, 2.24) is 0 Å². The van der Waals surface area contributed by atoms with Crippen molar-refractivity contribution in [3.8, 4) is 23.7 Å². The van der Waals surface area contributed by atoms with Crippen LogP contribution in [0.1, 0.15) is 33.4 Å². The molecule has 3 rings (SSSR count). The Hall–Kier alpha value is -4.80. The molecule has 166 valence electrons. The molecule has 0 saturated heterocycles. The SMILES string of the molecule is C=COC(=O)Cc1ccc(C#Cc2ccc(C#Cc3ccc(COC(=O)C=C)cc3)cc2)cc1. The lowest BCUT2D eigenvalue weighted by Crippen LogP contribution is -2.03. The van der Waals surface area contributed by atoms with Gasteiger partial charge in [-0.3, -0.25) is 4.79 Å². The average Bonchev–Trinajstić information content (AvgIpc) is 2.87. The fraction of sp³-hybridized carbons (Fsp3) is 0.0667. The van der Waals surface area contributed by atoms with Gasteiger partial charge in [0.05, 0.1) is 12.7 Å². The second-order valence-electron chi connectivity index (χ2n) is 7.12. The first kappa shape index (κ1) is 23.9. The summed E-state index contributed by atoms with van der Waals surface area (Å²) < 4.78 is 9.74. The standard InChI is InChI=1S/C30H22O4/c1-3-29(31)34-22-28-19-15-26(16-20-28)12-10-24-7-5-23(6-8-24)9-11-25-13-17-27(18-14-25)21-30(32)33-4-2/h3-8,13-20H,1-2,21-22H2. The Morgan fingerprint density at radius 3 is 1.50 bits per heavy atom. The molecule has 34 heavy (non-hydrogen) atoms. The molecule has 0 N–H and O–H groups in total. The number of hydrogen-bond donors (Lipinski definition) is 0. The molecule has 0 aromatic heterocycles. The van der Waals surface area contributed by atoms with Gasteiger partial charge in [-0.15, -0.1) is 0 Å². The van der Waals surface area contributed by atoms with Gasteiger partial charge < -0.3 is 9.47 Å². The van der Waals surface area contributed by atoms with Gasteiger partial charge in [0.25, 0.3) is 0 Å². The highest BCUT2D eigenvalue weighted by Gasteiger charge is 2.02. The van der Waals surface area contributed by atoms with Crippen LogP contribution in [0.2, 0.25) is 0 Å². The lowest BCUT2D eigenvalue weighted by atomic mass is 10.1.